The van der Waals surface area contributed by atoms with Crippen LogP contribution in [0.15, 0.2) is 23.0 Å². The number of carbonyl (C=O) groups excluding carboxylic acids is 1. The third-order valence-electron chi connectivity index (χ3n) is 2.69. The van der Waals surface area contributed by atoms with Crippen LogP contribution >= 0.6 is 27.7 Å². The molecule has 10 heteroatoms. The summed E-state index contributed by atoms with van der Waals surface area (Å²) >= 11 is 4.50. The maximum atomic E-state index is 11.3. The topological polar surface area (TPSA) is 111 Å². The van der Waals surface area contributed by atoms with E-state index in [1.54, 1.807) is 6.92 Å². The summed E-state index contributed by atoms with van der Waals surface area (Å²) in [6, 6.07) is 0. The van der Waals surface area contributed by atoms with Crippen molar-refractivity contribution in [2.75, 3.05) is 12.4 Å². The number of alkyl halides is 1. The second-order valence-corrected chi connectivity index (χ2v) is 6.42. The lowest BCUT2D eigenvalue weighted by Crippen LogP contribution is -2.09. The van der Waals surface area contributed by atoms with Crippen molar-refractivity contribution in [3.8, 4) is 0 Å². The number of ether oxygens (including phenoxy) is 1. The third-order valence-corrected chi connectivity index (χ3v) is 4.10. The molecule has 1 aliphatic rings. The summed E-state index contributed by atoms with van der Waals surface area (Å²) in [6.07, 6.45) is 3.57. The van der Waals surface area contributed by atoms with Crippen molar-refractivity contribution < 1.29 is 14.5 Å². The Hall–Kier alpha value is -1.68. The molecule has 0 aromatic carbocycles. The number of nitro groups is 1. The number of allylic oxidation sites excluding steroid dienone is 3. The van der Waals surface area contributed by atoms with Crippen LogP contribution in [0.25, 0.3) is 5.57 Å². The summed E-state index contributed by atoms with van der Waals surface area (Å²) < 4.78 is 4.82. The first-order chi connectivity index (χ1) is 10.5. The fourth-order valence-corrected chi connectivity index (χ4v) is 3.02. The highest BCUT2D eigenvalue weighted by molar-refractivity contribution is 9.09. The molecule has 0 bridgehead atoms. The molecule has 2 rings (SSSR count). The van der Waals surface area contributed by atoms with Crippen LogP contribution < -0.4 is 0 Å². The van der Waals surface area contributed by atoms with Crippen molar-refractivity contribution in [3.63, 3.8) is 0 Å². The standard InChI is InChI=1S/C12H13BrN4O4S/c1-2-21-10(18)6-22-12-14-11(15-16-12)7-3-8(13)5-9(4-7)17(19)20/h4-5,8H,2-3,6H2,1H3,(H,14,15,16). The van der Waals surface area contributed by atoms with Gasteiger partial charge in [0.2, 0.25) is 5.16 Å². The van der Waals surface area contributed by atoms with Crippen molar-refractivity contribution in [2.24, 2.45) is 0 Å². The molecule has 1 heterocycles. The van der Waals surface area contributed by atoms with Crippen LogP contribution in [0.5, 0.6) is 0 Å². The SMILES string of the molecule is CCOC(=O)CSc1n[nH]c(C2=CC([N+](=O)[O-])=CC(Br)C2)n1. The van der Waals surface area contributed by atoms with Crippen molar-refractivity contribution >= 4 is 39.2 Å². The molecule has 0 saturated heterocycles. The first-order valence-corrected chi connectivity index (χ1v) is 8.31. The number of thioether (sulfide) groups is 1. The van der Waals surface area contributed by atoms with Crippen molar-refractivity contribution in [3.05, 3.63) is 33.8 Å². The van der Waals surface area contributed by atoms with E-state index in [4.69, 9.17) is 4.74 Å². The number of rotatable bonds is 6. The Kier molecular flexibility index (Phi) is 5.72. The lowest BCUT2D eigenvalue weighted by Gasteiger charge is -2.11. The fourth-order valence-electron chi connectivity index (χ4n) is 1.80. The molecule has 0 spiro atoms. The van der Waals surface area contributed by atoms with Crippen molar-refractivity contribution in [1.82, 2.24) is 15.2 Å². The van der Waals surface area contributed by atoms with Gasteiger partial charge < -0.3 is 4.74 Å². The van der Waals surface area contributed by atoms with Gasteiger partial charge in [0, 0.05) is 22.6 Å². The molecule has 1 aliphatic carbocycles. The Labute approximate surface area is 138 Å². The molecule has 1 aromatic rings. The number of halogens is 1. The minimum absolute atomic E-state index is 0.0141. The molecule has 0 amide bonds. The molecular formula is C12H13BrN4O4S. The Balaban J connectivity index is 2.06. The molecule has 1 unspecified atom stereocenters. The number of carbonyl (C=O) groups is 1. The Bertz CT molecular complexity index is 643. The average Bonchev–Trinajstić information content (AvgIpc) is 2.93. The molecule has 118 valence electrons. The van der Waals surface area contributed by atoms with Gasteiger partial charge in [0.1, 0.15) is 0 Å². The van der Waals surface area contributed by atoms with E-state index in [0.717, 1.165) is 11.8 Å². The van der Waals surface area contributed by atoms with Crippen LogP contribution in [0.1, 0.15) is 19.2 Å². The van der Waals surface area contributed by atoms with Crippen LogP contribution in [-0.4, -0.2) is 43.3 Å². The van der Waals surface area contributed by atoms with E-state index >= 15 is 0 Å². The molecule has 0 saturated carbocycles. The number of nitrogens with zero attached hydrogens (tertiary/aromatic N) is 3. The first kappa shape index (κ1) is 16.7. The summed E-state index contributed by atoms with van der Waals surface area (Å²) in [7, 11) is 0. The molecule has 8 nitrogen and oxygen atoms in total. The normalized spacial score (nSPS) is 17.6. The maximum Gasteiger partial charge on any atom is 0.316 e. The van der Waals surface area contributed by atoms with Crippen molar-refractivity contribution in [1.29, 1.82) is 0 Å². The molecule has 0 fully saturated rings. The Morgan fingerprint density at radius 2 is 2.45 bits per heavy atom. The maximum absolute atomic E-state index is 11.3. The number of H-pyrrole nitrogens is 1. The number of hydrogen-bond donors (Lipinski definition) is 1. The molecule has 0 radical (unpaired) electrons. The van der Waals surface area contributed by atoms with Gasteiger partial charge in [-0.1, -0.05) is 27.7 Å². The quantitative estimate of drug-likeness (QED) is 0.261. The predicted molar refractivity (Wildman–Crippen MR) is 84.1 cm³/mol. The summed E-state index contributed by atoms with van der Waals surface area (Å²) in [6.45, 7) is 2.06. The lowest BCUT2D eigenvalue weighted by atomic mass is 10.0. The molecule has 1 aromatic heterocycles. The number of aromatic nitrogens is 3. The van der Waals surface area contributed by atoms with Gasteiger partial charge in [-0.05, 0) is 13.3 Å². The highest BCUT2D eigenvalue weighted by Gasteiger charge is 2.22. The van der Waals surface area contributed by atoms with Crippen LogP contribution in [-0.2, 0) is 9.53 Å². The number of nitrogens with one attached hydrogen (secondary N) is 1. The van der Waals surface area contributed by atoms with Crippen LogP contribution in [0.2, 0.25) is 0 Å². The van der Waals surface area contributed by atoms with Gasteiger partial charge in [0.25, 0.3) is 5.70 Å². The van der Waals surface area contributed by atoms with E-state index in [0.29, 0.717) is 29.6 Å². The Morgan fingerprint density at radius 3 is 3.14 bits per heavy atom. The second-order valence-electron chi connectivity index (χ2n) is 4.30. The number of hydrogen-bond acceptors (Lipinski definition) is 7. The van der Waals surface area contributed by atoms with Crippen LogP contribution in [0.3, 0.4) is 0 Å². The predicted octanol–water partition coefficient (Wildman–Crippen LogP) is 2.17. The average molecular weight is 389 g/mol. The minimum atomic E-state index is -0.444. The summed E-state index contributed by atoms with van der Waals surface area (Å²) in [5, 5.41) is 18.0. The fraction of sp³-hybridized carbons (Fsp3) is 0.417. The third kappa shape index (κ3) is 4.41. The van der Waals surface area contributed by atoms with Gasteiger partial charge in [0.15, 0.2) is 5.82 Å². The van der Waals surface area contributed by atoms with Gasteiger partial charge in [-0.25, -0.2) is 4.98 Å². The largest absolute Gasteiger partial charge is 0.465 e. The van der Waals surface area contributed by atoms with E-state index in [9.17, 15) is 14.9 Å². The zero-order valence-corrected chi connectivity index (χ0v) is 14.0. The minimum Gasteiger partial charge on any atom is -0.465 e. The molecule has 1 N–H and O–H groups in total. The highest BCUT2D eigenvalue weighted by atomic mass is 79.9. The van der Waals surface area contributed by atoms with E-state index < -0.39 is 4.92 Å². The monoisotopic (exact) mass is 388 g/mol. The van der Waals surface area contributed by atoms with Gasteiger partial charge >= 0.3 is 5.97 Å². The lowest BCUT2D eigenvalue weighted by molar-refractivity contribution is -0.419. The van der Waals surface area contributed by atoms with E-state index in [2.05, 4.69) is 31.1 Å². The Morgan fingerprint density at radius 1 is 1.68 bits per heavy atom. The van der Waals surface area contributed by atoms with Gasteiger partial charge in [-0.2, -0.15) is 0 Å². The molecule has 1 atom stereocenters. The summed E-state index contributed by atoms with van der Waals surface area (Å²) in [5.74, 6) is 0.240. The zero-order valence-electron chi connectivity index (χ0n) is 11.6. The van der Waals surface area contributed by atoms with E-state index in [-0.39, 0.29) is 22.2 Å². The smallest absolute Gasteiger partial charge is 0.316 e. The van der Waals surface area contributed by atoms with E-state index in [1.165, 1.54) is 12.2 Å². The number of esters is 1. The summed E-state index contributed by atoms with van der Waals surface area (Å²) in [4.78, 5) is 25.8. The first-order valence-electron chi connectivity index (χ1n) is 6.41. The zero-order chi connectivity index (χ0) is 16.1. The van der Waals surface area contributed by atoms with E-state index in [1.807, 2.05) is 0 Å². The highest BCUT2D eigenvalue weighted by Crippen LogP contribution is 2.29. The van der Waals surface area contributed by atoms with Crippen LogP contribution in [0.4, 0.5) is 0 Å². The summed E-state index contributed by atoms with van der Waals surface area (Å²) in [5.41, 5.74) is 0.701. The second kappa shape index (κ2) is 7.54. The van der Waals surface area contributed by atoms with Crippen LogP contribution in [0, 0.1) is 10.1 Å². The molecule has 0 aliphatic heterocycles. The van der Waals surface area contributed by atoms with Gasteiger partial charge in [-0.15, -0.1) is 5.10 Å². The van der Waals surface area contributed by atoms with Gasteiger partial charge in [0.05, 0.1) is 17.3 Å². The van der Waals surface area contributed by atoms with Gasteiger partial charge in [-0.3, -0.25) is 20.0 Å². The molecular weight excluding hydrogens is 376 g/mol. The molecule has 22 heavy (non-hydrogen) atoms. The number of aromatic amines is 1. The van der Waals surface area contributed by atoms with Crippen molar-refractivity contribution in [2.45, 2.75) is 23.3 Å².